The number of guanidine groups is 1. The van der Waals surface area contributed by atoms with Crippen molar-refractivity contribution in [2.75, 3.05) is 27.7 Å². The first-order chi connectivity index (χ1) is 11.9. The van der Waals surface area contributed by atoms with Crippen LogP contribution in [0.4, 0.5) is 4.39 Å². The van der Waals surface area contributed by atoms with Crippen LogP contribution in [0.3, 0.4) is 0 Å². The maximum Gasteiger partial charge on any atom is 0.230 e. The Morgan fingerprint density at radius 3 is 2.56 bits per heavy atom. The number of nitrogens with zero attached hydrogens (tertiary/aromatic N) is 2. The minimum atomic E-state index is -0.392. The van der Waals surface area contributed by atoms with Gasteiger partial charge in [0.25, 0.3) is 0 Å². The number of carbonyl (C=O) groups excluding carboxylic acids is 1. The van der Waals surface area contributed by atoms with Crippen molar-refractivity contribution in [3.8, 4) is 0 Å². The highest BCUT2D eigenvalue weighted by Gasteiger charge is 2.42. The molecule has 0 heterocycles. The molecule has 2 rings (SSSR count). The van der Waals surface area contributed by atoms with Crippen LogP contribution < -0.4 is 10.6 Å². The monoisotopic (exact) mass is 368 g/mol. The number of aliphatic imine (C=N–C) groups is 1. The number of amides is 1. The van der Waals surface area contributed by atoms with Crippen LogP contribution in [0.5, 0.6) is 0 Å². The van der Waals surface area contributed by atoms with Crippen LogP contribution in [0.25, 0.3) is 0 Å². The van der Waals surface area contributed by atoms with Gasteiger partial charge in [0.05, 0.1) is 5.41 Å². The van der Waals surface area contributed by atoms with Crippen LogP contribution in [0.2, 0.25) is 5.02 Å². The van der Waals surface area contributed by atoms with Crippen LogP contribution in [0.1, 0.15) is 31.2 Å². The summed E-state index contributed by atoms with van der Waals surface area (Å²) >= 11 is 6.04. The van der Waals surface area contributed by atoms with Crippen molar-refractivity contribution < 1.29 is 9.18 Å². The molecule has 2 N–H and O–H groups in total. The Morgan fingerprint density at radius 2 is 2.00 bits per heavy atom. The third kappa shape index (κ3) is 4.63. The number of carbonyl (C=O) groups is 1. The summed E-state index contributed by atoms with van der Waals surface area (Å²) in [5.74, 6) is 0.313. The Kier molecular flexibility index (Phi) is 6.64. The number of benzene rings is 1. The van der Waals surface area contributed by atoms with Crippen LogP contribution in [0, 0.1) is 11.2 Å². The Balaban J connectivity index is 1.99. The minimum absolute atomic E-state index is 0.144. The van der Waals surface area contributed by atoms with Gasteiger partial charge in [0.15, 0.2) is 5.96 Å². The van der Waals surface area contributed by atoms with E-state index in [0.717, 1.165) is 25.7 Å². The van der Waals surface area contributed by atoms with Crippen molar-refractivity contribution >= 4 is 23.5 Å². The molecular weight excluding hydrogens is 343 g/mol. The van der Waals surface area contributed by atoms with Crippen molar-refractivity contribution in [2.24, 2.45) is 10.4 Å². The van der Waals surface area contributed by atoms with E-state index in [1.807, 2.05) is 0 Å². The first-order valence-corrected chi connectivity index (χ1v) is 8.86. The van der Waals surface area contributed by atoms with Gasteiger partial charge in [0, 0.05) is 44.8 Å². The second kappa shape index (κ2) is 8.52. The first kappa shape index (κ1) is 19.5. The van der Waals surface area contributed by atoms with Crippen molar-refractivity contribution in [1.82, 2.24) is 15.5 Å². The Labute approximate surface area is 153 Å². The van der Waals surface area contributed by atoms with E-state index < -0.39 is 5.41 Å². The maximum atomic E-state index is 13.9. The lowest BCUT2D eigenvalue weighted by Gasteiger charge is -2.31. The smallest absolute Gasteiger partial charge is 0.230 e. The number of nitrogens with one attached hydrogen (secondary N) is 2. The lowest BCUT2D eigenvalue weighted by atomic mass is 9.84. The van der Waals surface area contributed by atoms with Crippen LogP contribution in [0.15, 0.2) is 23.2 Å². The average molecular weight is 369 g/mol. The van der Waals surface area contributed by atoms with E-state index >= 15 is 0 Å². The summed E-state index contributed by atoms with van der Waals surface area (Å²) in [6.45, 7) is 0.731. The topological polar surface area (TPSA) is 56.7 Å². The number of halogens is 2. The summed E-state index contributed by atoms with van der Waals surface area (Å²) in [4.78, 5) is 18.4. The van der Waals surface area contributed by atoms with Crippen molar-refractivity contribution in [3.63, 3.8) is 0 Å². The van der Waals surface area contributed by atoms with Crippen LogP contribution >= 0.6 is 11.6 Å². The van der Waals surface area contributed by atoms with Crippen molar-refractivity contribution in [1.29, 1.82) is 0 Å². The van der Waals surface area contributed by atoms with E-state index in [0.29, 0.717) is 23.1 Å². The van der Waals surface area contributed by atoms with Gasteiger partial charge >= 0.3 is 0 Å². The van der Waals surface area contributed by atoms with E-state index in [4.69, 9.17) is 11.6 Å². The molecule has 1 aromatic carbocycles. The van der Waals surface area contributed by atoms with Gasteiger partial charge in [-0.25, -0.2) is 4.39 Å². The second-order valence-electron chi connectivity index (χ2n) is 6.67. The number of rotatable bonds is 5. The summed E-state index contributed by atoms with van der Waals surface area (Å²) in [5, 5.41) is 6.66. The molecule has 0 unspecified atom stereocenters. The zero-order valence-corrected chi connectivity index (χ0v) is 15.8. The summed E-state index contributed by atoms with van der Waals surface area (Å²) in [6, 6.07) is 4.61. The molecule has 0 aromatic heterocycles. The molecule has 1 aliphatic carbocycles. The molecule has 0 spiro atoms. The van der Waals surface area contributed by atoms with Gasteiger partial charge in [-0.2, -0.15) is 0 Å². The lowest BCUT2D eigenvalue weighted by molar-refractivity contribution is -0.138. The molecule has 0 atom stereocenters. The Hall–Kier alpha value is -1.82. The zero-order valence-electron chi connectivity index (χ0n) is 15.0. The van der Waals surface area contributed by atoms with Crippen molar-refractivity contribution in [3.05, 3.63) is 34.6 Å². The first-order valence-electron chi connectivity index (χ1n) is 8.49. The van der Waals surface area contributed by atoms with E-state index in [1.165, 1.54) is 6.07 Å². The number of hydrogen-bond donors (Lipinski definition) is 2. The van der Waals surface area contributed by atoms with Gasteiger partial charge in [-0.05, 0) is 25.0 Å². The predicted molar refractivity (Wildman–Crippen MR) is 99.2 cm³/mol. The highest BCUT2D eigenvalue weighted by molar-refractivity contribution is 6.31. The summed E-state index contributed by atoms with van der Waals surface area (Å²) in [7, 11) is 5.22. The highest BCUT2D eigenvalue weighted by Crippen LogP contribution is 2.38. The molecular formula is C18H26ClFN4O. The fourth-order valence-electron chi connectivity index (χ4n) is 3.34. The van der Waals surface area contributed by atoms with Gasteiger partial charge in [-0.15, -0.1) is 0 Å². The maximum absolute atomic E-state index is 13.9. The number of hydrogen-bond acceptors (Lipinski definition) is 2. The second-order valence-corrected chi connectivity index (χ2v) is 7.07. The van der Waals surface area contributed by atoms with Gasteiger partial charge < -0.3 is 15.5 Å². The van der Waals surface area contributed by atoms with E-state index in [1.54, 1.807) is 38.2 Å². The molecule has 1 amide bonds. The largest absolute Gasteiger partial charge is 0.355 e. The highest BCUT2D eigenvalue weighted by atomic mass is 35.5. The molecule has 7 heteroatoms. The average Bonchev–Trinajstić information content (AvgIpc) is 3.06. The van der Waals surface area contributed by atoms with E-state index in [9.17, 15) is 9.18 Å². The lowest BCUT2D eigenvalue weighted by Crippen LogP contribution is -2.49. The summed E-state index contributed by atoms with van der Waals surface area (Å²) < 4.78 is 13.9. The standard InChI is InChI=1S/C18H26ClFN4O/c1-21-17(22-11-13-14(19)7-6-8-15(13)20)23-12-18(9-4-5-10-18)16(25)24(2)3/h6-8H,4-5,9-12H2,1-3H3,(H2,21,22,23). The van der Waals surface area contributed by atoms with Crippen LogP contribution in [-0.4, -0.2) is 44.5 Å². The fraction of sp³-hybridized carbons (Fsp3) is 0.556. The van der Waals surface area contributed by atoms with E-state index in [-0.39, 0.29) is 18.3 Å². The normalized spacial score (nSPS) is 16.6. The SMILES string of the molecule is CN=C(NCc1c(F)cccc1Cl)NCC1(C(=O)N(C)C)CCCC1. The van der Waals surface area contributed by atoms with Gasteiger partial charge in [-0.3, -0.25) is 9.79 Å². The molecule has 0 saturated heterocycles. The predicted octanol–water partition coefficient (Wildman–Crippen LogP) is 2.79. The molecule has 0 bridgehead atoms. The van der Waals surface area contributed by atoms with Crippen molar-refractivity contribution in [2.45, 2.75) is 32.2 Å². The molecule has 1 fully saturated rings. The molecule has 0 aliphatic heterocycles. The summed E-state index contributed by atoms with van der Waals surface area (Å²) in [5.41, 5.74) is 0.00333. The van der Waals surface area contributed by atoms with Gasteiger partial charge in [0.1, 0.15) is 5.82 Å². The molecule has 1 saturated carbocycles. The molecule has 138 valence electrons. The molecule has 25 heavy (non-hydrogen) atoms. The Bertz CT molecular complexity index is 622. The van der Waals surface area contributed by atoms with Crippen LogP contribution in [-0.2, 0) is 11.3 Å². The van der Waals surface area contributed by atoms with Gasteiger partial charge in [0.2, 0.25) is 5.91 Å². The Morgan fingerprint density at radius 1 is 1.32 bits per heavy atom. The zero-order chi connectivity index (χ0) is 18.4. The molecule has 1 aromatic rings. The summed E-state index contributed by atoms with van der Waals surface area (Å²) in [6.07, 6.45) is 3.84. The fourth-order valence-corrected chi connectivity index (χ4v) is 3.57. The van der Waals surface area contributed by atoms with E-state index in [2.05, 4.69) is 15.6 Å². The third-order valence-corrected chi connectivity index (χ3v) is 5.09. The third-order valence-electron chi connectivity index (χ3n) is 4.73. The minimum Gasteiger partial charge on any atom is -0.355 e. The quantitative estimate of drug-likeness (QED) is 0.620. The van der Waals surface area contributed by atoms with Gasteiger partial charge in [-0.1, -0.05) is 30.5 Å². The molecule has 5 nitrogen and oxygen atoms in total. The molecule has 1 aliphatic rings. The molecule has 0 radical (unpaired) electrons.